The number of nitrogens with zero attached hydrogens (tertiary/aromatic N) is 3. The second-order valence-corrected chi connectivity index (χ2v) is 6.30. The number of rotatable bonds is 2. The summed E-state index contributed by atoms with van der Waals surface area (Å²) in [6.45, 7) is 5.30. The van der Waals surface area contributed by atoms with E-state index >= 15 is 0 Å². The number of aromatic nitrogens is 2. The lowest BCUT2D eigenvalue weighted by Gasteiger charge is -2.27. The van der Waals surface area contributed by atoms with Crippen molar-refractivity contribution in [3.05, 3.63) is 63.3 Å². The molecular weight excluding hydrogens is 318 g/mol. The van der Waals surface area contributed by atoms with Crippen molar-refractivity contribution in [2.75, 3.05) is 6.54 Å². The second kappa shape index (κ2) is 5.88. The molecule has 0 fully saturated rings. The molecule has 1 aliphatic heterocycles. The summed E-state index contributed by atoms with van der Waals surface area (Å²) in [4.78, 5) is 26.7. The average molecular weight is 337 g/mol. The number of aryl methyl sites for hydroxylation is 2. The smallest absolute Gasteiger partial charge is 0.290 e. The Kier molecular flexibility index (Phi) is 3.67. The van der Waals surface area contributed by atoms with Gasteiger partial charge in [0.05, 0.1) is 5.69 Å². The van der Waals surface area contributed by atoms with E-state index in [1.54, 1.807) is 11.0 Å². The van der Waals surface area contributed by atoms with Gasteiger partial charge in [-0.05, 0) is 19.9 Å². The number of hydrogen-bond acceptors (Lipinski definition) is 4. The highest BCUT2D eigenvalue weighted by Gasteiger charge is 2.27. The van der Waals surface area contributed by atoms with Crippen molar-refractivity contribution >= 4 is 16.9 Å². The van der Waals surface area contributed by atoms with Crippen LogP contribution in [0.4, 0.5) is 0 Å². The zero-order chi connectivity index (χ0) is 17.6. The fourth-order valence-corrected chi connectivity index (χ4v) is 3.36. The monoisotopic (exact) mass is 337 g/mol. The summed E-state index contributed by atoms with van der Waals surface area (Å²) in [5.41, 5.74) is 3.16. The predicted molar refractivity (Wildman–Crippen MR) is 93.6 cm³/mol. The molecule has 3 heterocycles. The molecule has 1 amide bonds. The Morgan fingerprint density at radius 1 is 1.32 bits per heavy atom. The van der Waals surface area contributed by atoms with Crippen molar-refractivity contribution < 1.29 is 9.21 Å². The third kappa shape index (κ3) is 2.54. The van der Waals surface area contributed by atoms with Crippen LogP contribution in [-0.2, 0) is 19.5 Å². The van der Waals surface area contributed by atoms with Crippen molar-refractivity contribution in [2.45, 2.75) is 33.4 Å². The number of carbonyl (C=O) groups excluding carboxylic acids is 1. The quantitative estimate of drug-likeness (QED) is 0.720. The first-order chi connectivity index (χ1) is 12.1. The maximum absolute atomic E-state index is 12.9. The first-order valence-electron chi connectivity index (χ1n) is 8.45. The molecule has 0 saturated carbocycles. The lowest BCUT2D eigenvalue weighted by molar-refractivity contribution is 0.0701. The van der Waals surface area contributed by atoms with Crippen LogP contribution in [0.3, 0.4) is 0 Å². The summed E-state index contributed by atoms with van der Waals surface area (Å²) in [6.07, 6.45) is 0.640. The van der Waals surface area contributed by atoms with Crippen molar-refractivity contribution in [2.24, 2.45) is 0 Å². The minimum Gasteiger partial charge on any atom is -0.451 e. The summed E-state index contributed by atoms with van der Waals surface area (Å²) in [5.74, 6) is 0.235. The Bertz CT molecular complexity index is 1030. The van der Waals surface area contributed by atoms with Gasteiger partial charge in [0, 0.05) is 48.6 Å². The number of benzene rings is 1. The molecule has 0 atom stereocenters. The van der Waals surface area contributed by atoms with Gasteiger partial charge < -0.3 is 9.32 Å². The van der Waals surface area contributed by atoms with Crippen molar-refractivity contribution in [1.82, 2.24) is 14.7 Å². The number of amides is 1. The van der Waals surface area contributed by atoms with Crippen LogP contribution >= 0.6 is 0 Å². The molecule has 1 aliphatic rings. The molecule has 0 unspecified atom stereocenters. The minimum absolute atomic E-state index is 0.129. The molecule has 0 bridgehead atoms. The molecule has 3 aromatic rings. The van der Waals surface area contributed by atoms with E-state index in [1.807, 2.05) is 38.1 Å². The number of para-hydroxylation sites is 1. The largest absolute Gasteiger partial charge is 0.451 e. The van der Waals surface area contributed by atoms with Crippen LogP contribution in [0.25, 0.3) is 11.0 Å². The van der Waals surface area contributed by atoms with E-state index in [1.165, 1.54) is 4.68 Å². The van der Waals surface area contributed by atoms with Crippen molar-refractivity contribution in [3.63, 3.8) is 0 Å². The number of hydrogen-bond donors (Lipinski definition) is 0. The van der Waals surface area contributed by atoms with Gasteiger partial charge in [-0.2, -0.15) is 5.10 Å². The van der Waals surface area contributed by atoms with Gasteiger partial charge in [0.1, 0.15) is 5.58 Å². The first kappa shape index (κ1) is 15.6. The molecule has 6 nitrogen and oxygen atoms in total. The molecule has 0 N–H and O–H groups in total. The topological polar surface area (TPSA) is 68.3 Å². The van der Waals surface area contributed by atoms with Crippen LogP contribution in [0.15, 0.2) is 39.5 Å². The van der Waals surface area contributed by atoms with E-state index in [2.05, 4.69) is 5.10 Å². The van der Waals surface area contributed by atoms with Gasteiger partial charge >= 0.3 is 0 Å². The fourth-order valence-electron chi connectivity index (χ4n) is 3.36. The summed E-state index contributed by atoms with van der Waals surface area (Å²) < 4.78 is 7.25. The minimum atomic E-state index is -0.140. The van der Waals surface area contributed by atoms with Crippen LogP contribution in [0, 0.1) is 6.92 Å². The number of carbonyl (C=O) groups is 1. The van der Waals surface area contributed by atoms with E-state index in [4.69, 9.17) is 4.42 Å². The van der Waals surface area contributed by atoms with Gasteiger partial charge in [-0.15, -0.1) is 0 Å². The molecule has 6 heteroatoms. The van der Waals surface area contributed by atoms with Gasteiger partial charge in [0.15, 0.2) is 5.76 Å². The molecule has 4 rings (SSSR count). The van der Waals surface area contributed by atoms with Gasteiger partial charge in [-0.25, -0.2) is 4.68 Å². The molecule has 0 spiro atoms. The van der Waals surface area contributed by atoms with Crippen LogP contribution in [0.2, 0.25) is 0 Å². The third-order valence-electron chi connectivity index (χ3n) is 4.77. The molecule has 0 aliphatic carbocycles. The molecule has 128 valence electrons. The Balaban J connectivity index is 1.66. The Morgan fingerprint density at radius 2 is 2.12 bits per heavy atom. The highest BCUT2D eigenvalue weighted by molar-refractivity contribution is 5.99. The molecule has 25 heavy (non-hydrogen) atoms. The van der Waals surface area contributed by atoms with Gasteiger partial charge in [0.25, 0.3) is 11.5 Å². The predicted octanol–water partition coefficient (Wildman–Crippen LogP) is 2.52. The maximum atomic E-state index is 12.9. The van der Waals surface area contributed by atoms with Crippen molar-refractivity contribution in [1.29, 1.82) is 0 Å². The normalized spacial score (nSPS) is 13.9. The van der Waals surface area contributed by atoms with Crippen LogP contribution in [0.1, 0.15) is 34.3 Å². The lowest BCUT2D eigenvalue weighted by atomic mass is 10.1. The lowest BCUT2D eigenvalue weighted by Crippen LogP contribution is -2.38. The molecule has 0 saturated heterocycles. The Hall–Kier alpha value is -2.89. The van der Waals surface area contributed by atoms with Gasteiger partial charge in [0.2, 0.25) is 0 Å². The first-order valence-corrected chi connectivity index (χ1v) is 8.45. The summed E-state index contributed by atoms with van der Waals surface area (Å²) in [5, 5.41) is 5.35. The SMILES string of the molecule is CCn1nc2c(cc1=O)CN(C(=O)c1oc3ccccc3c1C)CC2. The van der Waals surface area contributed by atoms with E-state index in [9.17, 15) is 9.59 Å². The summed E-state index contributed by atoms with van der Waals surface area (Å²) >= 11 is 0. The van der Waals surface area contributed by atoms with Crippen LogP contribution in [0.5, 0.6) is 0 Å². The maximum Gasteiger partial charge on any atom is 0.290 e. The Labute approximate surface area is 144 Å². The standard InChI is InChI=1S/C19H19N3O3/c1-3-22-17(23)10-13-11-21(9-8-15(13)20-22)19(24)18-12(2)14-6-4-5-7-16(14)25-18/h4-7,10H,3,8-9,11H2,1-2H3. The zero-order valence-corrected chi connectivity index (χ0v) is 14.3. The summed E-state index contributed by atoms with van der Waals surface area (Å²) in [6, 6.07) is 9.23. The average Bonchev–Trinajstić information content (AvgIpc) is 2.97. The van der Waals surface area contributed by atoms with E-state index < -0.39 is 0 Å². The van der Waals surface area contributed by atoms with Crippen molar-refractivity contribution in [3.8, 4) is 0 Å². The van der Waals surface area contributed by atoms with E-state index in [0.717, 1.165) is 22.2 Å². The van der Waals surface area contributed by atoms with Gasteiger partial charge in [-0.1, -0.05) is 18.2 Å². The van der Waals surface area contributed by atoms with Crippen LogP contribution in [-0.4, -0.2) is 27.1 Å². The Morgan fingerprint density at radius 3 is 2.88 bits per heavy atom. The molecule has 2 aromatic heterocycles. The highest BCUT2D eigenvalue weighted by atomic mass is 16.3. The van der Waals surface area contributed by atoms with E-state index in [0.29, 0.717) is 37.4 Å². The zero-order valence-electron chi connectivity index (χ0n) is 14.3. The number of furan rings is 1. The summed E-state index contributed by atoms with van der Waals surface area (Å²) in [7, 11) is 0. The molecular formula is C19H19N3O3. The van der Waals surface area contributed by atoms with Crippen LogP contribution < -0.4 is 5.56 Å². The fraction of sp³-hybridized carbons (Fsp3) is 0.316. The highest BCUT2D eigenvalue weighted by Crippen LogP contribution is 2.27. The van der Waals surface area contributed by atoms with Gasteiger partial charge in [-0.3, -0.25) is 9.59 Å². The third-order valence-corrected chi connectivity index (χ3v) is 4.77. The second-order valence-electron chi connectivity index (χ2n) is 6.30. The molecule has 1 aromatic carbocycles. The number of fused-ring (bicyclic) bond motifs is 2. The molecule has 0 radical (unpaired) electrons. The van der Waals surface area contributed by atoms with E-state index in [-0.39, 0.29) is 11.5 Å².